The Hall–Kier alpha value is -0.543. The lowest BCUT2D eigenvalue weighted by molar-refractivity contribution is 0.445. The van der Waals surface area contributed by atoms with Gasteiger partial charge < -0.3 is 4.23 Å². The molecule has 0 saturated heterocycles. The van der Waals surface area contributed by atoms with E-state index in [1.807, 2.05) is 0 Å². The lowest BCUT2D eigenvalue weighted by atomic mass is 9.84. The van der Waals surface area contributed by atoms with Crippen LogP contribution >= 0.6 is 15.9 Å². The average Bonchev–Trinajstić information content (AvgIpc) is 2.94. The highest BCUT2D eigenvalue weighted by atomic mass is 79.9. The fourth-order valence-corrected chi connectivity index (χ4v) is 13.1. The largest absolute Gasteiger partial charge is 0.373 e. The molecule has 1 aliphatic carbocycles. The van der Waals surface area contributed by atoms with Gasteiger partial charge in [-0.15, -0.1) is 0 Å². The van der Waals surface area contributed by atoms with E-state index >= 15 is 0 Å². The van der Waals surface area contributed by atoms with Crippen molar-refractivity contribution in [3.63, 3.8) is 0 Å². The minimum atomic E-state index is -1.74. The first kappa shape index (κ1) is 20.2. The second-order valence-corrected chi connectivity index (χ2v) is 15.9. The van der Waals surface area contributed by atoms with Gasteiger partial charge in [0, 0.05) is 15.4 Å². The number of nitrogens with zero attached hydrogens (tertiary/aromatic N) is 1. The highest BCUT2D eigenvalue weighted by Gasteiger charge is 2.46. The van der Waals surface area contributed by atoms with Gasteiger partial charge in [0.15, 0.2) is 8.24 Å². The zero-order valence-corrected chi connectivity index (χ0v) is 20.1. The zero-order valence-electron chi connectivity index (χ0n) is 17.5. The number of hydrogen-bond acceptors (Lipinski definition) is 0. The van der Waals surface area contributed by atoms with Crippen LogP contribution in [-0.2, 0) is 0 Å². The number of benzene rings is 1. The average molecular weight is 435 g/mol. The molecule has 1 saturated carbocycles. The van der Waals surface area contributed by atoms with Gasteiger partial charge in [0.1, 0.15) is 0 Å². The molecule has 3 rings (SSSR count). The summed E-state index contributed by atoms with van der Waals surface area (Å²) in [6, 6.07) is 7.00. The minimum Gasteiger partial charge on any atom is -0.373 e. The second kappa shape index (κ2) is 7.83. The van der Waals surface area contributed by atoms with Crippen LogP contribution in [0.5, 0.6) is 0 Å². The first-order valence-corrected chi connectivity index (χ1v) is 13.6. The summed E-state index contributed by atoms with van der Waals surface area (Å²) < 4.78 is 4.02. The van der Waals surface area contributed by atoms with Crippen molar-refractivity contribution < 1.29 is 0 Å². The predicted molar refractivity (Wildman–Crippen MR) is 122 cm³/mol. The third-order valence-corrected chi connectivity index (χ3v) is 14.3. The number of hydrogen-bond donors (Lipinski definition) is 0. The smallest absolute Gasteiger partial charge is 0.169 e. The van der Waals surface area contributed by atoms with E-state index < -0.39 is 8.24 Å². The van der Waals surface area contributed by atoms with Gasteiger partial charge in [0.05, 0.1) is 0 Å². The Labute approximate surface area is 169 Å². The van der Waals surface area contributed by atoms with Crippen molar-refractivity contribution in [2.24, 2.45) is 0 Å². The molecule has 3 heteroatoms. The monoisotopic (exact) mass is 433 g/mol. The SMILES string of the molecule is CC(C)[Si](C(C)C)(C(C)C)n1cc(C2CCCCC2)c2ccc(Br)cc21. The van der Waals surface area contributed by atoms with Crippen LogP contribution in [0.25, 0.3) is 10.9 Å². The molecular weight excluding hydrogens is 398 g/mol. The summed E-state index contributed by atoms with van der Waals surface area (Å²) in [5, 5.41) is 1.51. The van der Waals surface area contributed by atoms with Gasteiger partial charge in [-0.1, -0.05) is 82.8 Å². The van der Waals surface area contributed by atoms with E-state index in [-0.39, 0.29) is 0 Å². The number of aromatic nitrogens is 1. The normalized spacial score (nSPS) is 17.2. The van der Waals surface area contributed by atoms with E-state index in [2.05, 4.69) is 86.1 Å². The topological polar surface area (TPSA) is 4.93 Å². The molecule has 1 nitrogen and oxygen atoms in total. The molecule has 1 aromatic heterocycles. The maximum absolute atomic E-state index is 3.75. The van der Waals surface area contributed by atoms with Crippen LogP contribution in [0.4, 0.5) is 0 Å². The van der Waals surface area contributed by atoms with Crippen molar-refractivity contribution >= 4 is 35.1 Å². The lowest BCUT2D eigenvalue weighted by Crippen LogP contribution is -2.51. The molecule has 0 unspecified atom stereocenters. The Bertz CT molecular complexity index is 731. The van der Waals surface area contributed by atoms with Crippen LogP contribution in [0.15, 0.2) is 28.9 Å². The van der Waals surface area contributed by atoms with Crippen LogP contribution in [0, 0.1) is 0 Å². The number of fused-ring (bicyclic) bond motifs is 1. The quantitative estimate of drug-likeness (QED) is 0.416. The summed E-state index contributed by atoms with van der Waals surface area (Å²) in [6.45, 7) is 14.8. The van der Waals surface area contributed by atoms with Crippen LogP contribution in [0.1, 0.15) is 85.1 Å². The van der Waals surface area contributed by atoms with Crippen molar-refractivity contribution in [3.05, 3.63) is 34.4 Å². The molecule has 0 aliphatic heterocycles. The number of rotatable bonds is 5. The van der Waals surface area contributed by atoms with Crippen LogP contribution in [0.3, 0.4) is 0 Å². The highest BCUT2D eigenvalue weighted by Crippen LogP contribution is 2.47. The second-order valence-electron chi connectivity index (χ2n) is 9.30. The molecule has 1 aliphatic rings. The number of halogens is 1. The Morgan fingerprint density at radius 2 is 1.50 bits per heavy atom. The Kier molecular flexibility index (Phi) is 6.08. The van der Waals surface area contributed by atoms with Crippen molar-refractivity contribution in [2.75, 3.05) is 0 Å². The van der Waals surface area contributed by atoms with Gasteiger partial charge in [-0.05, 0) is 59.3 Å². The standard InChI is InChI=1S/C23H36BrNSi/c1-16(2)26(17(3)4,18(5)6)25-15-22(19-10-8-7-9-11-19)21-13-12-20(24)14-23(21)25/h12-19H,7-11H2,1-6H3. The molecule has 0 atom stereocenters. The first-order valence-electron chi connectivity index (χ1n) is 10.6. The molecule has 2 aromatic rings. The van der Waals surface area contributed by atoms with Crippen molar-refractivity contribution in [1.29, 1.82) is 0 Å². The van der Waals surface area contributed by atoms with Crippen LogP contribution < -0.4 is 0 Å². The molecule has 0 radical (unpaired) electrons. The molecule has 1 aromatic carbocycles. The zero-order chi connectivity index (χ0) is 19.1. The maximum atomic E-state index is 3.75. The third-order valence-electron chi connectivity index (χ3n) is 7.04. The van der Waals surface area contributed by atoms with Crippen molar-refractivity contribution in [2.45, 2.75) is 96.2 Å². The van der Waals surface area contributed by atoms with Crippen molar-refractivity contribution in [3.8, 4) is 0 Å². The molecule has 0 spiro atoms. The minimum absolute atomic E-state index is 0.719. The molecule has 26 heavy (non-hydrogen) atoms. The summed E-state index contributed by atoms with van der Waals surface area (Å²) in [7, 11) is -1.74. The maximum Gasteiger partial charge on any atom is 0.169 e. The van der Waals surface area contributed by atoms with Gasteiger partial charge >= 0.3 is 0 Å². The summed E-state index contributed by atoms with van der Waals surface area (Å²) >= 11 is 3.75. The van der Waals surface area contributed by atoms with E-state index in [0.717, 1.165) is 22.5 Å². The van der Waals surface area contributed by atoms with Crippen LogP contribution in [-0.4, -0.2) is 12.5 Å². The van der Waals surface area contributed by atoms with Crippen molar-refractivity contribution in [1.82, 2.24) is 4.23 Å². The van der Waals surface area contributed by atoms with Gasteiger partial charge in [0.25, 0.3) is 0 Å². The van der Waals surface area contributed by atoms with Crippen LogP contribution in [0.2, 0.25) is 16.6 Å². The fourth-order valence-electron chi connectivity index (χ4n) is 6.12. The molecular formula is C23H36BrNSi. The van der Waals surface area contributed by atoms with Gasteiger partial charge in [-0.3, -0.25) is 0 Å². The Balaban J connectivity index is 2.29. The molecule has 0 N–H and O–H groups in total. The van der Waals surface area contributed by atoms with Gasteiger partial charge in [-0.2, -0.15) is 0 Å². The van der Waals surface area contributed by atoms with Gasteiger partial charge in [0.2, 0.25) is 0 Å². The first-order chi connectivity index (χ1) is 12.3. The molecule has 1 fully saturated rings. The van der Waals surface area contributed by atoms with E-state index in [0.29, 0.717) is 0 Å². The molecule has 0 amide bonds. The molecule has 1 heterocycles. The van der Waals surface area contributed by atoms with E-state index in [9.17, 15) is 0 Å². The summed E-state index contributed by atoms with van der Waals surface area (Å²) in [4.78, 5) is 0. The highest BCUT2D eigenvalue weighted by molar-refractivity contribution is 9.10. The summed E-state index contributed by atoms with van der Waals surface area (Å²) in [5.41, 5.74) is 5.26. The predicted octanol–water partition coefficient (Wildman–Crippen LogP) is 8.48. The summed E-state index contributed by atoms with van der Waals surface area (Å²) in [6.07, 6.45) is 9.57. The van der Waals surface area contributed by atoms with E-state index in [1.165, 1.54) is 47.5 Å². The Morgan fingerprint density at radius 1 is 0.923 bits per heavy atom. The molecule has 144 valence electrons. The van der Waals surface area contributed by atoms with Gasteiger partial charge in [-0.25, -0.2) is 0 Å². The summed E-state index contributed by atoms with van der Waals surface area (Å²) in [5.74, 6) is 0.756. The lowest BCUT2D eigenvalue weighted by Gasteiger charge is -2.44. The molecule has 0 bridgehead atoms. The Morgan fingerprint density at radius 3 is 2.04 bits per heavy atom. The third kappa shape index (κ3) is 3.24. The van der Waals surface area contributed by atoms with E-state index in [1.54, 1.807) is 5.56 Å². The fraction of sp³-hybridized carbons (Fsp3) is 0.652. The van der Waals surface area contributed by atoms with E-state index in [4.69, 9.17) is 0 Å².